The van der Waals surface area contributed by atoms with E-state index in [0.29, 0.717) is 17.9 Å². The number of hydrogen-bond donors (Lipinski definition) is 2. The number of rotatable bonds is 8. The summed E-state index contributed by atoms with van der Waals surface area (Å²) in [6.45, 7) is 4.57. The van der Waals surface area contributed by atoms with Crippen LogP contribution in [0.1, 0.15) is 73.3 Å². The molecule has 2 aromatic rings. The smallest absolute Gasteiger partial charge is 0.276 e. The zero-order valence-corrected chi connectivity index (χ0v) is 20.9. The minimum Gasteiger partial charge on any atom is -0.351 e. The molecule has 0 unspecified atom stereocenters. The fourth-order valence-corrected chi connectivity index (χ4v) is 5.19. The summed E-state index contributed by atoms with van der Waals surface area (Å²) in [5.41, 5.74) is 0.104. The van der Waals surface area contributed by atoms with E-state index < -0.39 is 5.54 Å². The van der Waals surface area contributed by atoms with Crippen LogP contribution in [-0.4, -0.2) is 56.8 Å². The predicted octanol–water partition coefficient (Wildman–Crippen LogP) is 3.93. The first-order valence-electron chi connectivity index (χ1n) is 12.0. The Kier molecular flexibility index (Phi) is 7.30. The van der Waals surface area contributed by atoms with Crippen molar-refractivity contribution >= 4 is 35.2 Å². The molecular weight excluding hydrogens is 450 g/mol. The van der Waals surface area contributed by atoms with Gasteiger partial charge in [-0.2, -0.15) is 5.10 Å². The van der Waals surface area contributed by atoms with E-state index in [1.54, 1.807) is 16.7 Å². The SMILES string of the molecule is CCCCN1C(=O)c2cc(C(=O)Nc3cccc(SC)c3)nn2C[C@@]1(C)C(=O)NC1CCCC1. The summed E-state index contributed by atoms with van der Waals surface area (Å²) in [5, 5.41) is 10.5. The number of anilines is 1. The Morgan fingerprint density at radius 1 is 1.24 bits per heavy atom. The highest BCUT2D eigenvalue weighted by molar-refractivity contribution is 7.98. The van der Waals surface area contributed by atoms with Crippen molar-refractivity contribution < 1.29 is 14.4 Å². The lowest BCUT2D eigenvalue weighted by molar-refractivity contribution is -0.133. The lowest BCUT2D eigenvalue weighted by Gasteiger charge is -2.43. The summed E-state index contributed by atoms with van der Waals surface area (Å²) in [5.74, 6) is -0.797. The molecule has 1 saturated carbocycles. The maximum atomic E-state index is 13.5. The van der Waals surface area contributed by atoms with Crippen LogP contribution in [0.3, 0.4) is 0 Å². The Bertz CT molecular complexity index is 1080. The summed E-state index contributed by atoms with van der Waals surface area (Å²) >= 11 is 1.59. The predicted molar refractivity (Wildman–Crippen MR) is 133 cm³/mol. The van der Waals surface area contributed by atoms with E-state index in [9.17, 15) is 14.4 Å². The number of nitrogens with zero attached hydrogens (tertiary/aromatic N) is 3. The fourth-order valence-electron chi connectivity index (χ4n) is 4.73. The average molecular weight is 484 g/mol. The van der Waals surface area contributed by atoms with Gasteiger partial charge in [0.15, 0.2) is 5.69 Å². The van der Waals surface area contributed by atoms with Gasteiger partial charge in [-0.3, -0.25) is 19.1 Å². The summed E-state index contributed by atoms with van der Waals surface area (Å²) in [6, 6.07) is 9.24. The van der Waals surface area contributed by atoms with Crippen LogP contribution in [0.5, 0.6) is 0 Å². The van der Waals surface area contributed by atoms with Gasteiger partial charge in [0.1, 0.15) is 11.2 Å². The third-order valence-corrected chi connectivity index (χ3v) is 7.50. The van der Waals surface area contributed by atoms with Gasteiger partial charge in [0.2, 0.25) is 5.91 Å². The molecule has 0 spiro atoms. The summed E-state index contributed by atoms with van der Waals surface area (Å²) < 4.78 is 1.52. The molecule has 1 aromatic carbocycles. The van der Waals surface area contributed by atoms with Crippen molar-refractivity contribution in [3.8, 4) is 0 Å². The number of nitrogens with one attached hydrogen (secondary N) is 2. The number of benzene rings is 1. The first-order chi connectivity index (χ1) is 16.4. The van der Waals surface area contributed by atoms with E-state index >= 15 is 0 Å². The van der Waals surface area contributed by atoms with Crippen molar-refractivity contribution in [2.24, 2.45) is 0 Å². The van der Waals surface area contributed by atoms with Crippen molar-refractivity contribution in [3.05, 3.63) is 41.7 Å². The van der Waals surface area contributed by atoms with Gasteiger partial charge in [0, 0.05) is 29.2 Å². The van der Waals surface area contributed by atoms with E-state index in [1.807, 2.05) is 37.4 Å². The standard InChI is InChI=1S/C25H33N5O3S/c1-4-5-13-29-23(32)21-15-20(22(31)26-18-11-8-12-19(14-18)34-3)28-30(21)16-25(29,2)24(33)27-17-9-6-7-10-17/h8,11-12,14-15,17H,4-7,9-10,13,16H2,1-3H3,(H,26,31)(H,27,33)/t25-/m0/s1. The number of hydrogen-bond acceptors (Lipinski definition) is 5. The second-order valence-corrected chi connectivity index (χ2v) is 10.2. The summed E-state index contributed by atoms with van der Waals surface area (Å²) in [7, 11) is 0. The minimum atomic E-state index is -1.06. The Balaban J connectivity index is 1.59. The van der Waals surface area contributed by atoms with Gasteiger partial charge in [0.25, 0.3) is 11.8 Å². The van der Waals surface area contributed by atoms with Crippen molar-refractivity contribution in [2.75, 3.05) is 18.1 Å². The quantitative estimate of drug-likeness (QED) is 0.555. The van der Waals surface area contributed by atoms with Crippen LogP contribution in [0.4, 0.5) is 5.69 Å². The van der Waals surface area contributed by atoms with Crippen molar-refractivity contribution in [1.29, 1.82) is 0 Å². The molecule has 0 bridgehead atoms. The van der Waals surface area contributed by atoms with Crippen LogP contribution in [-0.2, 0) is 11.3 Å². The first-order valence-corrected chi connectivity index (χ1v) is 13.2. The number of fused-ring (bicyclic) bond motifs is 1. The van der Waals surface area contributed by atoms with Crippen LogP contribution in [0.15, 0.2) is 35.2 Å². The molecule has 1 atom stereocenters. The highest BCUT2D eigenvalue weighted by Crippen LogP contribution is 2.29. The lowest BCUT2D eigenvalue weighted by atomic mass is 9.94. The number of thioether (sulfide) groups is 1. The van der Waals surface area contributed by atoms with E-state index in [2.05, 4.69) is 22.7 Å². The Labute approximate surface area is 204 Å². The second kappa shape index (κ2) is 10.2. The molecule has 182 valence electrons. The van der Waals surface area contributed by atoms with Crippen molar-refractivity contribution in [1.82, 2.24) is 20.0 Å². The Morgan fingerprint density at radius 2 is 2.00 bits per heavy atom. The molecule has 2 aliphatic rings. The third-order valence-electron chi connectivity index (χ3n) is 6.77. The molecule has 0 radical (unpaired) electrons. The van der Waals surface area contributed by atoms with Crippen molar-refractivity contribution in [3.63, 3.8) is 0 Å². The maximum Gasteiger partial charge on any atom is 0.276 e. The van der Waals surface area contributed by atoms with Crippen LogP contribution >= 0.6 is 11.8 Å². The normalized spacial score (nSPS) is 20.3. The number of unbranched alkanes of at least 4 members (excludes halogenated alkanes) is 1. The molecular formula is C25H33N5O3S. The molecule has 8 nitrogen and oxygen atoms in total. The first kappa shape index (κ1) is 24.3. The van der Waals surface area contributed by atoms with E-state index in [1.165, 1.54) is 10.7 Å². The van der Waals surface area contributed by atoms with Crippen LogP contribution in [0.25, 0.3) is 0 Å². The van der Waals surface area contributed by atoms with Gasteiger partial charge in [-0.15, -0.1) is 11.8 Å². The fraction of sp³-hybridized carbons (Fsp3) is 0.520. The molecule has 2 N–H and O–H groups in total. The average Bonchev–Trinajstić information content (AvgIpc) is 3.49. The zero-order valence-electron chi connectivity index (χ0n) is 20.1. The molecule has 3 amide bonds. The lowest BCUT2D eigenvalue weighted by Crippen LogP contribution is -2.65. The van der Waals surface area contributed by atoms with E-state index in [4.69, 9.17) is 0 Å². The molecule has 1 fully saturated rings. The molecule has 1 aliphatic heterocycles. The molecule has 0 saturated heterocycles. The number of aromatic nitrogens is 2. The zero-order chi connectivity index (χ0) is 24.3. The van der Waals surface area contributed by atoms with Crippen LogP contribution < -0.4 is 10.6 Å². The van der Waals surface area contributed by atoms with Gasteiger partial charge < -0.3 is 15.5 Å². The molecule has 1 aliphatic carbocycles. The molecule has 9 heteroatoms. The Morgan fingerprint density at radius 3 is 2.71 bits per heavy atom. The van der Waals surface area contributed by atoms with Gasteiger partial charge in [0.05, 0.1) is 6.54 Å². The van der Waals surface area contributed by atoms with E-state index in [0.717, 1.165) is 43.4 Å². The molecule has 34 heavy (non-hydrogen) atoms. The number of carbonyl (C=O) groups is 3. The highest BCUT2D eigenvalue weighted by Gasteiger charge is 2.48. The molecule has 2 heterocycles. The third kappa shape index (κ3) is 4.85. The Hall–Kier alpha value is -2.81. The number of carbonyl (C=O) groups excluding carboxylic acids is 3. The van der Waals surface area contributed by atoms with Gasteiger partial charge in [-0.05, 0) is 50.6 Å². The number of amides is 3. The monoisotopic (exact) mass is 483 g/mol. The highest BCUT2D eigenvalue weighted by atomic mass is 32.2. The van der Waals surface area contributed by atoms with Gasteiger partial charge in [-0.1, -0.05) is 32.3 Å². The molecule has 1 aromatic heterocycles. The maximum absolute atomic E-state index is 13.5. The van der Waals surface area contributed by atoms with Crippen LogP contribution in [0, 0.1) is 0 Å². The summed E-state index contributed by atoms with van der Waals surface area (Å²) in [4.78, 5) is 42.6. The van der Waals surface area contributed by atoms with Crippen molar-refractivity contribution in [2.45, 2.75) is 75.4 Å². The van der Waals surface area contributed by atoms with Gasteiger partial charge in [-0.25, -0.2) is 0 Å². The van der Waals surface area contributed by atoms with Gasteiger partial charge >= 0.3 is 0 Å². The largest absolute Gasteiger partial charge is 0.351 e. The topological polar surface area (TPSA) is 96.3 Å². The van der Waals surface area contributed by atoms with Crippen LogP contribution in [0.2, 0.25) is 0 Å². The summed E-state index contributed by atoms with van der Waals surface area (Å²) in [6.07, 6.45) is 7.85. The minimum absolute atomic E-state index is 0.148. The molecule has 4 rings (SSSR count). The van der Waals surface area contributed by atoms with E-state index in [-0.39, 0.29) is 36.0 Å². The second-order valence-electron chi connectivity index (χ2n) is 9.30.